The molecule has 0 aliphatic rings. The van der Waals surface area contributed by atoms with E-state index in [2.05, 4.69) is 31.2 Å². The van der Waals surface area contributed by atoms with Crippen LogP contribution in [0.3, 0.4) is 0 Å². The van der Waals surface area contributed by atoms with Gasteiger partial charge in [0.1, 0.15) is 0 Å². The topological polar surface area (TPSA) is 36.9 Å². The standard InChI is InChI=1S/C20H26O4/c1-6-7-16(14-8-10-17(21-2)19(12-14)23-4)15-9-11-18(22-3)20(13-15)24-5/h8-13,16H,6-7H2,1-5H3. The van der Waals surface area contributed by atoms with Gasteiger partial charge in [-0.05, 0) is 41.8 Å². The molecule has 4 nitrogen and oxygen atoms in total. The summed E-state index contributed by atoms with van der Waals surface area (Å²) in [6, 6.07) is 12.2. The van der Waals surface area contributed by atoms with Gasteiger partial charge in [0.15, 0.2) is 23.0 Å². The summed E-state index contributed by atoms with van der Waals surface area (Å²) in [5.41, 5.74) is 2.39. The fraction of sp³-hybridized carbons (Fsp3) is 0.400. The number of hydrogen-bond acceptors (Lipinski definition) is 4. The van der Waals surface area contributed by atoms with E-state index < -0.39 is 0 Å². The van der Waals surface area contributed by atoms with Crippen LogP contribution in [0.2, 0.25) is 0 Å². The van der Waals surface area contributed by atoms with Crippen LogP contribution >= 0.6 is 0 Å². The second-order valence-electron chi connectivity index (χ2n) is 5.57. The van der Waals surface area contributed by atoms with Gasteiger partial charge in [0.25, 0.3) is 0 Å². The quantitative estimate of drug-likeness (QED) is 0.706. The first-order valence-corrected chi connectivity index (χ1v) is 8.12. The predicted molar refractivity (Wildman–Crippen MR) is 95.8 cm³/mol. The van der Waals surface area contributed by atoms with Crippen molar-refractivity contribution in [3.8, 4) is 23.0 Å². The van der Waals surface area contributed by atoms with Crippen LogP contribution in [0.1, 0.15) is 36.8 Å². The van der Waals surface area contributed by atoms with Crippen molar-refractivity contribution in [1.82, 2.24) is 0 Å². The summed E-state index contributed by atoms with van der Waals surface area (Å²) < 4.78 is 21.6. The highest BCUT2D eigenvalue weighted by Crippen LogP contribution is 2.38. The summed E-state index contributed by atoms with van der Waals surface area (Å²) in [4.78, 5) is 0. The fourth-order valence-corrected chi connectivity index (χ4v) is 2.95. The summed E-state index contributed by atoms with van der Waals surface area (Å²) in [6.07, 6.45) is 2.11. The van der Waals surface area contributed by atoms with Gasteiger partial charge in [0.2, 0.25) is 0 Å². The number of hydrogen-bond donors (Lipinski definition) is 0. The molecule has 0 aliphatic heterocycles. The van der Waals surface area contributed by atoms with E-state index in [1.807, 2.05) is 12.1 Å². The largest absolute Gasteiger partial charge is 0.493 e. The van der Waals surface area contributed by atoms with Crippen LogP contribution in [0.5, 0.6) is 23.0 Å². The molecule has 0 heterocycles. The highest BCUT2D eigenvalue weighted by molar-refractivity contribution is 5.49. The van der Waals surface area contributed by atoms with Crippen molar-refractivity contribution in [2.24, 2.45) is 0 Å². The molecule has 0 aliphatic carbocycles. The molecule has 0 saturated carbocycles. The predicted octanol–water partition coefficient (Wildman–Crippen LogP) is 4.65. The van der Waals surface area contributed by atoms with E-state index in [-0.39, 0.29) is 5.92 Å². The molecule has 0 amide bonds. The number of ether oxygens (including phenoxy) is 4. The van der Waals surface area contributed by atoms with Gasteiger partial charge < -0.3 is 18.9 Å². The average Bonchev–Trinajstić information content (AvgIpc) is 2.64. The Morgan fingerprint density at radius 3 is 1.42 bits per heavy atom. The number of rotatable bonds is 8. The smallest absolute Gasteiger partial charge is 0.161 e. The molecule has 0 spiro atoms. The zero-order valence-corrected chi connectivity index (χ0v) is 15.1. The van der Waals surface area contributed by atoms with Crippen molar-refractivity contribution in [3.05, 3.63) is 47.5 Å². The molecule has 0 radical (unpaired) electrons. The van der Waals surface area contributed by atoms with Crippen LogP contribution < -0.4 is 18.9 Å². The minimum atomic E-state index is 0.259. The van der Waals surface area contributed by atoms with Gasteiger partial charge in [-0.2, -0.15) is 0 Å². The molecule has 2 aromatic carbocycles. The molecule has 0 atom stereocenters. The Labute approximate surface area is 144 Å². The maximum Gasteiger partial charge on any atom is 0.161 e. The van der Waals surface area contributed by atoms with E-state index in [0.717, 1.165) is 35.8 Å². The Bertz CT molecular complexity index is 611. The third-order valence-corrected chi connectivity index (χ3v) is 4.20. The normalized spacial score (nSPS) is 10.6. The van der Waals surface area contributed by atoms with E-state index in [4.69, 9.17) is 18.9 Å². The lowest BCUT2D eigenvalue weighted by atomic mass is 9.87. The average molecular weight is 330 g/mol. The minimum Gasteiger partial charge on any atom is -0.493 e. The van der Waals surface area contributed by atoms with Gasteiger partial charge in [-0.1, -0.05) is 25.5 Å². The van der Waals surface area contributed by atoms with Gasteiger partial charge in [-0.3, -0.25) is 0 Å². The van der Waals surface area contributed by atoms with Crippen molar-refractivity contribution in [1.29, 1.82) is 0 Å². The van der Waals surface area contributed by atoms with Crippen molar-refractivity contribution < 1.29 is 18.9 Å². The zero-order chi connectivity index (χ0) is 17.5. The molecule has 0 fully saturated rings. The maximum atomic E-state index is 5.45. The van der Waals surface area contributed by atoms with E-state index in [0.29, 0.717) is 0 Å². The molecular weight excluding hydrogens is 304 g/mol. The zero-order valence-electron chi connectivity index (χ0n) is 15.1. The first-order chi connectivity index (χ1) is 11.7. The first kappa shape index (κ1) is 18.0. The van der Waals surface area contributed by atoms with E-state index in [1.165, 1.54) is 11.1 Å². The van der Waals surface area contributed by atoms with Crippen LogP contribution in [-0.4, -0.2) is 28.4 Å². The van der Waals surface area contributed by atoms with E-state index in [9.17, 15) is 0 Å². The second-order valence-corrected chi connectivity index (χ2v) is 5.57. The molecule has 0 aromatic heterocycles. The van der Waals surface area contributed by atoms with Crippen molar-refractivity contribution >= 4 is 0 Å². The molecule has 2 aromatic rings. The molecule has 2 rings (SSSR count). The molecule has 0 unspecified atom stereocenters. The third kappa shape index (κ3) is 3.75. The van der Waals surface area contributed by atoms with E-state index >= 15 is 0 Å². The maximum absolute atomic E-state index is 5.45. The van der Waals surface area contributed by atoms with Crippen LogP contribution in [0, 0.1) is 0 Å². The van der Waals surface area contributed by atoms with Crippen LogP contribution in [0.25, 0.3) is 0 Å². The van der Waals surface area contributed by atoms with Crippen molar-refractivity contribution in [2.75, 3.05) is 28.4 Å². The van der Waals surface area contributed by atoms with E-state index in [1.54, 1.807) is 28.4 Å². The highest BCUT2D eigenvalue weighted by atomic mass is 16.5. The summed E-state index contributed by atoms with van der Waals surface area (Å²) >= 11 is 0. The molecule has 0 saturated heterocycles. The molecule has 0 N–H and O–H groups in total. The lowest BCUT2D eigenvalue weighted by Gasteiger charge is -2.20. The monoisotopic (exact) mass is 330 g/mol. The Balaban J connectivity index is 2.46. The van der Waals surface area contributed by atoms with Gasteiger partial charge in [-0.25, -0.2) is 0 Å². The first-order valence-electron chi connectivity index (χ1n) is 8.12. The van der Waals surface area contributed by atoms with Crippen molar-refractivity contribution in [2.45, 2.75) is 25.7 Å². The fourth-order valence-electron chi connectivity index (χ4n) is 2.95. The number of methoxy groups -OCH3 is 4. The van der Waals surface area contributed by atoms with Crippen LogP contribution in [0.15, 0.2) is 36.4 Å². The minimum absolute atomic E-state index is 0.259. The lowest BCUT2D eigenvalue weighted by molar-refractivity contribution is 0.353. The molecular formula is C20H26O4. The molecule has 4 heteroatoms. The highest BCUT2D eigenvalue weighted by Gasteiger charge is 2.18. The van der Waals surface area contributed by atoms with Gasteiger partial charge in [-0.15, -0.1) is 0 Å². The number of benzene rings is 2. The molecule has 130 valence electrons. The van der Waals surface area contributed by atoms with Crippen LogP contribution in [-0.2, 0) is 0 Å². The Kier molecular flexibility index (Phi) is 6.36. The molecule has 24 heavy (non-hydrogen) atoms. The van der Waals surface area contributed by atoms with Gasteiger partial charge in [0.05, 0.1) is 28.4 Å². The Morgan fingerprint density at radius 2 is 1.08 bits per heavy atom. The van der Waals surface area contributed by atoms with Gasteiger partial charge in [0, 0.05) is 5.92 Å². The molecule has 0 bridgehead atoms. The Hall–Kier alpha value is -2.36. The van der Waals surface area contributed by atoms with Crippen molar-refractivity contribution in [3.63, 3.8) is 0 Å². The lowest BCUT2D eigenvalue weighted by Crippen LogP contribution is -2.03. The second kappa shape index (κ2) is 8.48. The van der Waals surface area contributed by atoms with Gasteiger partial charge >= 0.3 is 0 Å². The summed E-state index contributed by atoms with van der Waals surface area (Å²) in [5, 5.41) is 0. The third-order valence-electron chi connectivity index (χ3n) is 4.20. The summed E-state index contributed by atoms with van der Waals surface area (Å²) in [5.74, 6) is 3.23. The summed E-state index contributed by atoms with van der Waals surface area (Å²) in [7, 11) is 6.62. The van der Waals surface area contributed by atoms with Crippen LogP contribution in [0.4, 0.5) is 0 Å². The SMILES string of the molecule is CCCC(c1ccc(OC)c(OC)c1)c1ccc(OC)c(OC)c1. The summed E-state index contributed by atoms with van der Waals surface area (Å²) in [6.45, 7) is 2.19. The Morgan fingerprint density at radius 1 is 0.667 bits per heavy atom.